The van der Waals surface area contributed by atoms with Crippen molar-refractivity contribution in [3.63, 3.8) is 0 Å². The van der Waals surface area contributed by atoms with Crippen LogP contribution in [0.15, 0.2) is 28.7 Å². The lowest BCUT2D eigenvalue weighted by atomic mass is 9.51. The van der Waals surface area contributed by atoms with Crippen molar-refractivity contribution in [3.05, 3.63) is 52.5 Å². The summed E-state index contributed by atoms with van der Waals surface area (Å²) in [4.78, 5) is 0. The van der Waals surface area contributed by atoms with Crippen molar-refractivity contribution in [3.8, 4) is 5.75 Å². The maximum absolute atomic E-state index is 6.24. The van der Waals surface area contributed by atoms with Crippen LogP contribution < -0.4 is 4.74 Å². The van der Waals surface area contributed by atoms with Crippen molar-refractivity contribution in [2.24, 2.45) is 11.8 Å². The Bertz CT molecular complexity index is 817. The number of ether oxygens (including phenoxy) is 1. The second-order valence-electron chi connectivity index (χ2n) is 8.69. The topological polar surface area (TPSA) is 22.4 Å². The average molecular weight is 336 g/mol. The maximum atomic E-state index is 6.24. The number of aryl methyl sites for hydroxylation is 3. The fraction of sp³-hybridized carbons (Fsp3) is 0.565. The van der Waals surface area contributed by atoms with Crippen LogP contribution in [-0.2, 0) is 18.3 Å². The van der Waals surface area contributed by atoms with Gasteiger partial charge in [-0.25, -0.2) is 0 Å². The smallest absolute Gasteiger partial charge is 0.119 e. The van der Waals surface area contributed by atoms with Gasteiger partial charge in [-0.3, -0.25) is 0 Å². The third-order valence-corrected chi connectivity index (χ3v) is 7.50. The number of furan rings is 1. The highest BCUT2D eigenvalue weighted by atomic mass is 16.5. The van der Waals surface area contributed by atoms with E-state index in [0.717, 1.165) is 29.3 Å². The van der Waals surface area contributed by atoms with E-state index in [2.05, 4.69) is 38.1 Å². The van der Waals surface area contributed by atoms with Crippen molar-refractivity contribution < 1.29 is 9.15 Å². The molecule has 0 amide bonds. The first-order valence-electron chi connectivity index (χ1n) is 9.87. The number of methoxy groups -OCH3 is 1. The molecule has 1 aromatic carbocycles. The summed E-state index contributed by atoms with van der Waals surface area (Å²) in [7, 11) is 1.77. The quantitative estimate of drug-likeness (QED) is 0.680. The number of fused-ring (bicyclic) bond motifs is 7. The molecular weight excluding hydrogens is 308 g/mol. The van der Waals surface area contributed by atoms with E-state index < -0.39 is 0 Å². The summed E-state index contributed by atoms with van der Waals surface area (Å²) in [6.45, 7) is 4.59. The number of benzene rings is 1. The monoisotopic (exact) mass is 336 g/mol. The van der Waals surface area contributed by atoms with Crippen molar-refractivity contribution in [2.45, 2.75) is 63.7 Å². The lowest BCUT2D eigenvalue weighted by Crippen LogP contribution is -2.47. The van der Waals surface area contributed by atoms with E-state index >= 15 is 0 Å². The van der Waals surface area contributed by atoms with Crippen LogP contribution in [0.5, 0.6) is 5.75 Å². The van der Waals surface area contributed by atoms with Crippen LogP contribution in [0.3, 0.4) is 0 Å². The molecule has 0 unspecified atom stereocenters. The van der Waals surface area contributed by atoms with Crippen molar-refractivity contribution in [1.29, 1.82) is 0 Å². The maximum Gasteiger partial charge on any atom is 0.119 e. The van der Waals surface area contributed by atoms with Crippen LogP contribution in [0.1, 0.15) is 66.7 Å². The third-order valence-electron chi connectivity index (χ3n) is 7.50. The van der Waals surface area contributed by atoms with Crippen LogP contribution in [0.25, 0.3) is 0 Å². The average Bonchev–Trinajstić information content (AvgIpc) is 3.02. The van der Waals surface area contributed by atoms with Gasteiger partial charge in [0.15, 0.2) is 0 Å². The largest absolute Gasteiger partial charge is 0.497 e. The Morgan fingerprint density at radius 2 is 1.92 bits per heavy atom. The summed E-state index contributed by atoms with van der Waals surface area (Å²) in [5.41, 5.74) is 4.85. The molecule has 3 aliphatic carbocycles. The zero-order valence-corrected chi connectivity index (χ0v) is 15.6. The molecule has 1 saturated carbocycles. The van der Waals surface area contributed by atoms with E-state index in [-0.39, 0.29) is 5.41 Å². The second kappa shape index (κ2) is 5.40. The molecule has 3 aliphatic rings. The van der Waals surface area contributed by atoms with E-state index in [1.807, 2.05) is 0 Å². The molecule has 0 radical (unpaired) electrons. The van der Waals surface area contributed by atoms with Gasteiger partial charge < -0.3 is 9.15 Å². The van der Waals surface area contributed by atoms with Gasteiger partial charge >= 0.3 is 0 Å². The summed E-state index contributed by atoms with van der Waals surface area (Å²) < 4.78 is 11.7. The number of rotatable bonds is 1. The van der Waals surface area contributed by atoms with Crippen LogP contribution in [0, 0.1) is 18.8 Å². The highest BCUT2D eigenvalue weighted by molar-refractivity contribution is 5.42. The van der Waals surface area contributed by atoms with Crippen molar-refractivity contribution in [2.75, 3.05) is 7.11 Å². The molecule has 5 rings (SSSR count). The number of hydrogen-bond donors (Lipinski definition) is 0. The first-order valence-corrected chi connectivity index (χ1v) is 9.87. The van der Waals surface area contributed by atoms with Crippen molar-refractivity contribution >= 4 is 0 Å². The predicted molar refractivity (Wildman–Crippen MR) is 99.4 cm³/mol. The molecule has 2 nitrogen and oxygen atoms in total. The molecule has 0 N–H and O–H groups in total. The van der Waals surface area contributed by atoms with Gasteiger partial charge in [0.2, 0.25) is 0 Å². The van der Waals surface area contributed by atoms with E-state index in [0.29, 0.717) is 0 Å². The first kappa shape index (κ1) is 15.5. The van der Waals surface area contributed by atoms with Crippen LogP contribution in [-0.4, -0.2) is 7.11 Å². The lowest BCUT2D eigenvalue weighted by Gasteiger charge is -2.53. The van der Waals surface area contributed by atoms with Crippen LogP contribution in [0.2, 0.25) is 0 Å². The normalized spacial score (nSPS) is 33.0. The molecule has 1 heterocycles. The van der Waals surface area contributed by atoms with E-state index in [9.17, 15) is 0 Å². The van der Waals surface area contributed by atoms with E-state index in [4.69, 9.17) is 9.15 Å². The highest BCUT2D eigenvalue weighted by Crippen LogP contribution is 2.59. The molecule has 132 valence electrons. The van der Waals surface area contributed by atoms with Crippen molar-refractivity contribution in [1.82, 2.24) is 0 Å². The molecule has 0 aliphatic heterocycles. The molecule has 0 spiro atoms. The molecule has 25 heavy (non-hydrogen) atoms. The van der Waals surface area contributed by atoms with Gasteiger partial charge in [-0.2, -0.15) is 0 Å². The molecule has 1 aromatic heterocycles. The summed E-state index contributed by atoms with van der Waals surface area (Å²) in [6, 6.07) is 9.06. The minimum absolute atomic E-state index is 0.243. The fourth-order valence-electron chi connectivity index (χ4n) is 6.37. The SMILES string of the molecule is COc1ccc2c(c1)CC[C@@H]1[C@@H]2CC[C@]2(C)c3oc(C)cc3CC[C@@H]12. The Kier molecular flexibility index (Phi) is 3.36. The Balaban J connectivity index is 1.53. The Hall–Kier alpha value is -1.70. The fourth-order valence-corrected chi connectivity index (χ4v) is 6.37. The van der Waals surface area contributed by atoms with Gasteiger partial charge in [-0.1, -0.05) is 13.0 Å². The Labute approximate surface area is 150 Å². The summed E-state index contributed by atoms with van der Waals surface area (Å²) in [5.74, 6) is 5.71. The Morgan fingerprint density at radius 3 is 2.76 bits per heavy atom. The van der Waals surface area contributed by atoms with E-state index in [1.165, 1.54) is 55.4 Å². The summed E-state index contributed by atoms with van der Waals surface area (Å²) in [6.07, 6.45) is 7.59. The van der Waals surface area contributed by atoms with Gasteiger partial charge in [-0.05, 0) is 98.1 Å². The minimum atomic E-state index is 0.243. The predicted octanol–water partition coefficient (Wildman–Crippen LogP) is 5.56. The zero-order chi connectivity index (χ0) is 17.2. The molecule has 2 aromatic rings. The number of hydrogen-bond acceptors (Lipinski definition) is 2. The summed E-state index contributed by atoms with van der Waals surface area (Å²) >= 11 is 0. The molecular formula is C23H28O2. The van der Waals surface area contributed by atoms with Crippen LogP contribution in [0.4, 0.5) is 0 Å². The van der Waals surface area contributed by atoms with Gasteiger partial charge in [0.1, 0.15) is 17.3 Å². The lowest BCUT2D eigenvalue weighted by molar-refractivity contribution is 0.0581. The molecule has 2 heteroatoms. The van der Waals surface area contributed by atoms with Gasteiger partial charge in [-0.15, -0.1) is 0 Å². The van der Waals surface area contributed by atoms with Gasteiger partial charge in [0.25, 0.3) is 0 Å². The molecule has 0 saturated heterocycles. The standard InChI is InChI=1S/C23H28O2/c1-14-12-16-5-9-21-20-7-4-15-13-17(24-3)6-8-18(15)19(20)10-11-23(21,2)22(16)25-14/h6,8,12-13,19-21H,4-5,7,9-11H2,1-3H3/t19-,20-,21+,23+/m1/s1. The first-order chi connectivity index (χ1) is 12.1. The van der Waals surface area contributed by atoms with Crippen LogP contribution >= 0.6 is 0 Å². The molecule has 4 atom stereocenters. The molecule has 0 bridgehead atoms. The Morgan fingerprint density at radius 1 is 1.08 bits per heavy atom. The van der Waals surface area contributed by atoms with Gasteiger partial charge in [0, 0.05) is 5.41 Å². The van der Waals surface area contributed by atoms with E-state index in [1.54, 1.807) is 12.7 Å². The highest BCUT2D eigenvalue weighted by Gasteiger charge is 2.52. The molecule has 1 fully saturated rings. The second-order valence-corrected chi connectivity index (χ2v) is 8.69. The third kappa shape index (κ3) is 2.16. The van der Waals surface area contributed by atoms with Gasteiger partial charge in [0.05, 0.1) is 7.11 Å². The zero-order valence-electron chi connectivity index (χ0n) is 15.6. The minimum Gasteiger partial charge on any atom is -0.497 e. The summed E-state index contributed by atoms with van der Waals surface area (Å²) in [5, 5.41) is 0.